The van der Waals surface area contributed by atoms with Crippen molar-refractivity contribution in [1.82, 2.24) is 5.32 Å². The van der Waals surface area contributed by atoms with Crippen molar-refractivity contribution >= 4 is 28.4 Å². The van der Waals surface area contributed by atoms with Gasteiger partial charge >= 0.3 is 0 Å². The number of hydrogen-bond donors (Lipinski definition) is 1. The maximum absolute atomic E-state index is 13.9. The Labute approximate surface area is 165 Å². The van der Waals surface area contributed by atoms with Crippen LogP contribution >= 0.6 is 22.6 Å². The highest BCUT2D eigenvalue weighted by Gasteiger charge is 2.33. The minimum Gasteiger partial charge on any atom is -0.480 e. The van der Waals surface area contributed by atoms with Crippen LogP contribution in [-0.4, -0.2) is 25.0 Å². The zero-order valence-corrected chi connectivity index (χ0v) is 16.2. The topological polar surface area (TPSA) is 62.1 Å². The first-order valence-electron chi connectivity index (χ1n) is 8.46. The Bertz CT molecular complexity index is 844. The summed E-state index contributed by atoms with van der Waals surface area (Å²) in [5, 5.41) is 12.5. The lowest BCUT2D eigenvalue weighted by molar-refractivity contribution is 0.0626. The standard InChI is InChI=1S/C20H18FIN2O2/c21-17-5-2-6-18(16(17)12-23)26-20(13-7-9-24-10-8-13)19(25)14-3-1-4-15(22)11-14/h1-6,11,13,20,24H,7-10H2. The minimum absolute atomic E-state index is 0.0106. The third kappa shape index (κ3) is 4.22. The second kappa shape index (κ2) is 8.60. The molecule has 0 bridgehead atoms. The molecule has 1 heterocycles. The quantitative estimate of drug-likeness (QED) is 0.538. The van der Waals surface area contributed by atoms with Crippen molar-refractivity contribution in [3.05, 3.63) is 63.0 Å². The molecule has 0 aliphatic carbocycles. The average Bonchev–Trinajstić information content (AvgIpc) is 2.66. The summed E-state index contributed by atoms with van der Waals surface area (Å²) >= 11 is 2.16. The molecule has 1 aliphatic heterocycles. The number of nitrogens with one attached hydrogen (secondary N) is 1. The molecule has 2 aromatic rings. The molecule has 1 unspecified atom stereocenters. The Morgan fingerprint density at radius 3 is 2.69 bits per heavy atom. The van der Waals surface area contributed by atoms with Gasteiger partial charge in [-0.3, -0.25) is 4.79 Å². The van der Waals surface area contributed by atoms with E-state index in [0.717, 1.165) is 29.5 Å². The Balaban J connectivity index is 1.95. The highest BCUT2D eigenvalue weighted by atomic mass is 127. The van der Waals surface area contributed by atoms with E-state index in [0.29, 0.717) is 5.56 Å². The summed E-state index contributed by atoms with van der Waals surface area (Å²) in [6.07, 6.45) is 0.832. The van der Waals surface area contributed by atoms with E-state index in [9.17, 15) is 14.4 Å². The van der Waals surface area contributed by atoms with Crippen LogP contribution in [0.5, 0.6) is 5.75 Å². The Hall–Kier alpha value is -1.98. The minimum atomic E-state index is -0.746. The molecule has 1 saturated heterocycles. The number of Topliss-reactive ketones (excluding diaryl/α,β-unsaturated/α-hetero) is 1. The maximum Gasteiger partial charge on any atom is 0.203 e. The van der Waals surface area contributed by atoms with Gasteiger partial charge in [-0.2, -0.15) is 5.26 Å². The lowest BCUT2D eigenvalue weighted by atomic mass is 9.87. The van der Waals surface area contributed by atoms with Crippen LogP contribution in [0.4, 0.5) is 4.39 Å². The highest BCUT2D eigenvalue weighted by Crippen LogP contribution is 2.28. The van der Waals surface area contributed by atoms with Gasteiger partial charge in [0.2, 0.25) is 5.78 Å². The number of rotatable bonds is 5. The number of nitriles is 1. The van der Waals surface area contributed by atoms with Crippen LogP contribution in [0, 0.1) is 26.6 Å². The van der Waals surface area contributed by atoms with Crippen molar-refractivity contribution in [2.45, 2.75) is 18.9 Å². The SMILES string of the molecule is N#Cc1c(F)cccc1OC(C(=O)c1cccc(I)c1)C1CCNCC1. The summed E-state index contributed by atoms with van der Waals surface area (Å²) in [7, 11) is 0. The molecule has 2 aromatic carbocycles. The Kier molecular flexibility index (Phi) is 6.22. The second-order valence-electron chi connectivity index (χ2n) is 6.23. The first-order chi connectivity index (χ1) is 12.6. The van der Waals surface area contributed by atoms with Gasteiger partial charge in [-0.25, -0.2) is 4.39 Å². The van der Waals surface area contributed by atoms with E-state index >= 15 is 0 Å². The number of carbonyl (C=O) groups is 1. The number of carbonyl (C=O) groups excluding carboxylic acids is 1. The molecule has 1 N–H and O–H groups in total. The fourth-order valence-electron chi connectivity index (χ4n) is 3.16. The lowest BCUT2D eigenvalue weighted by Gasteiger charge is -2.30. The molecule has 26 heavy (non-hydrogen) atoms. The van der Waals surface area contributed by atoms with Crippen molar-refractivity contribution in [3.63, 3.8) is 0 Å². The van der Waals surface area contributed by atoms with E-state index in [1.807, 2.05) is 24.3 Å². The van der Waals surface area contributed by atoms with Crippen LogP contribution in [0.2, 0.25) is 0 Å². The van der Waals surface area contributed by atoms with E-state index in [2.05, 4.69) is 27.9 Å². The molecule has 1 aliphatic rings. The highest BCUT2D eigenvalue weighted by molar-refractivity contribution is 14.1. The molecule has 0 radical (unpaired) electrons. The number of hydrogen-bond acceptors (Lipinski definition) is 4. The fraction of sp³-hybridized carbons (Fsp3) is 0.300. The maximum atomic E-state index is 13.9. The van der Waals surface area contributed by atoms with Crippen LogP contribution in [0.15, 0.2) is 42.5 Å². The van der Waals surface area contributed by atoms with Crippen LogP contribution in [-0.2, 0) is 0 Å². The van der Waals surface area contributed by atoms with E-state index in [-0.39, 0.29) is 23.0 Å². The third-order valence-corrected chi connectivity index (χ3v) is 5.19. The summed E-state index contributed by atoms with van der Waals surface area (Å²) in [6.45, 7) is 1.61. The Morgan fingerprint density at radius 2 is 2.00 bits per heavy atom. The van der Waals surface area contributed by atoms with Crippen molar-refractivity contribution < 1.29 is 13.9 Å². The van der Waals surface area contributed by atoms with Crippen LogP contribution in [0.25, 0.3) is 0 Å². The van der Waals surface area contributed by atoms with Gasteiger partial charge in [0.25, 0.3) is 0 Å². The summed E-state index contributed by atoms with van der Waals surface area (Å²) in [4.78, 5) is 13.2. The zero-order valence-electron chi connectivity index (χ0n) is 14.0. The number of piperidine rings is 1. The second-order valence-corrected chi connectivity index (χ2v) is 7.47. The molecule has 0 spiro atoms. The summed E-state index contributed by atoms with van der Waals surface area (Å²) in [6, 6.07) is 13.4. The number of halogens is 2. The summed E-state index contributed by atoms with van der Waals surface area (Å²) < 4.78 is 20.9. The van der Waals surface area contributed by atoms with Gasteiger partial charge in [0, 0.05) is 15.1 Å². The molecule has 4 nitrogen and oxygen atoms in total. The predicted molar refractivity (Wildman–Crippen MR) is 105 cm³/mol. The van der Waals surface area contributed by atoms with Crippen molar-refractivity contribution in [2.75, 3.05) is 13.1 Å². The van der Waals surface area contributed by atoms with Crippen LogP contribution in [0.1, 0.15) is 28.8 Å². The lowest BCUT2D eigenvalue weighted by Crippen LogP contribution is -2.41. The van der Waals surface area contributed by atoms with Gasteiger partial charge in [-0.1, -0.05) is 18.2 Å². The molecule has 1 atom stereocenters. The van der Waals surface area contributed by atoms with Gasteiger partial charge in [-0.15, -0.1) is 0 Å². The molecular formula is C20H18FIN2O2. The monoisotopic (exact) mass is 464 g/mol. The first-order valence-corrected chi connectivity index (χ1v) is 9.54. The van der Waals surface area contributed by atoms with Gasteiger partial charge in [0.15, 0.2) is 6.10 Å². The smallest absolute Gasteiger partial charge is 0.203 e. The number of ether oxygens (including phenoxy) is 1. The summed E-state index contributed by atoms with van der Waals surface area (Å²) in [5.41, 5.74) is 0.400. The van der Waals surface area contributed by atoms with Crippen molar-refractivity contribution in [1.29, 1.82) is 5.26 Å². The normalized spacial score (nSPS) is 15.9. The van der Waals surface area contributed by atoms with Crippen molar-refractivity contribution in [3.8, 4) is 11.8 Å². The molecule has 0 saturated carbocycles. The van der Waals surface area contributed by atoms with Crippen LogP contribution < -0.4 is 10.1 Å². The molecule has 0 aromatic heterocycles. The molecule has 0 amide bonds. The Morgan fingerprint density at radius 1 is 1.27 bits per heavy atom. The predicted octanol–water partition coefficient (Wildman–Crippen LogP) is 3.93. The van der Waals surface area contributed by atoms with E-state index < -0.39 is 11.9 Å². The van der Waals surface area contributed by atoms with Gasteiger partial charge in [0.05, 0.1) is 0 Å². The van der Waals surface area contributed by atoms with Crippen molar-refractivity contribution in [2.24, 2.45) is 5.92 Å². The van der Waals surface area contributed by atoms with Crippen LogP contribution in [0.3, 0.4) is 0 Å². The molecule has 3 rings (SSSR count). The van der Waals surface area contributed by atoms with Gasteiger partial charge in [-0.05, 0) is 72.8 Å². The van der Waals surface area contributed by atoms with Gasteiger partial charge in [0.1, 0.15) is 23.2 Å². The van der Waals surface area contributed by atoms with E-state index in [1.54, 1.807) is 6.07 Å². The number of benzene rings is 2. The van der Waals surface area contributed by atoms with Gasteiger partial charge < -0.3 is 10.1 Å². The van der Waals surface area contributed by atoms with E-state index in [1.165, 1.54) is 18.2 Å². The molecule has 1 fully saturated rings. The molecule has 6 heteroatoms. The molecule has 134 valence electrons. The fourth-order valence-corrected chi connectivity index (χ4v) is 3.71. The van der Waals surface area contributed by atoms with E-state index in [4.69, 9.17) is 4.74 Å². The molecular weight excluding hydrogens is 446 g/mol. The first kappa shape index (κ1) is 18.8. The third-order valence-electron chi connectivity index (χ3n) is 4.52. The zero-order chi connectivity index (χ0) is 18.5. The largest absolute Gasteiger partial charge is 0.480 e. The summed E-state index contributed by atoms with van der Waals surface area (Å²) in [5.74, 6) is -0.647. The number of ketones is 1. The average molecular weight is 464 g/mol. The number of nitrogens with zero attached hydrogens (tertiary/aromatic N) is 1.